The zero-order chi connectivity index (χ0) is 18.0. The van der Waals surface area contributed by atoms with Crippen LogP contribution in [-0.4, -0.2) is 36.1 Å². The molecular formula is C15H32O7P-3. The highest BCUT2D eigenvalue weighted by Gasteiger charge is 2.00. The number of aliphatic hydroxyl groups is 2. The van der Waals surface area contributed by atoms with Gasteiger partial charge in [0.15, 0.2) is 0 Å². The summed E-state index contributed by atoms with van der Waals surface area (Å²) in [5, 5.41) is 17.6. The second kappa shape index (κ2) is 18.3. The molecule has 0 saturated heterocycles. The minimum absolute atomic E-state index is 0.210. The lowest BCUT2D eigenvalue weighted by Gasteiger charge is -2.36. The number of unbranched alkanes of at least 4 members (excludes halogenated alkanes) is 9. The van der Waals surface area contributed by atoms with Gasteiger partial charge < -0.3 is 34.2 Å². The van der Waals surface area contributed by atoms with Gasteiger partial charge in [-0.15, -0.1) is 0 Å². The predicted octanol–water partition coefficient (Wildman–Crippen LogP) is 0.453. The van der Waals surface area contributed by atoms with Crippen molar-refractivity contribution >= 4 is 7.82 Å². The van der Waals surface area contributed by atoms with E-state index < -0.39 is 13.9 Å². The number of hydrogen-bond donors (Lipinski definition) is 2. The van der Waals surface area contributed by atoms with Gasteiger partial charge in [-0.05, 0) is 6.42 Å². The lowest BCUT2D eigenvalue weighted by Crippen LogP contribution is -2.24. The molecular weight excluding hydrogens is 323 g/mol. The maximum Gasteiger partial charge on any atom is 0.100 e. The largest absolute Gasteiger partial charge is 0.822 e. The number of aliphatic hydroxyl groups excluding tert-OH is 2. The number of hydrogen-bond acceptors (Lipinski definition) is 7. The van der Waals surface area contributed by atoms with Crippen LogP contribution >= 0.6 is 7.82 Å². The maximum absolute atomic E-state index is 9.04. The van der Waals surface area contributed by atoms with Crippen molar-refractivity contribution in [3.05, 3.63) is 0 Å². The molecule has 0 radical (unpaired) electrons. The zero-order valence-corrected chi connectivity index (χ0v) is 15.0. The first-order valence-corrected chi connectivity index (χ1v) is 9.87. The van der Waals surface area contributed by atoms with Crippen molar-refractivity contribution in [1.82, 2.24) is 0 Å². The van der Waals surface area contributed by atoms with Gasteiger partial charge in [-0.25, -0.2) is 0 Å². The van der Waals surface area contributed by atoms with E-state index in [9.17, 15) is 0 Å². The van der Waals surface area contributed by atoms with Gasteiger partial charge in [0.05, 0.1) is 13.2 Å². The van der Waals surface area contributed by atoms with Crippen LogP contribution in [0.2, 0.25) is 0 Å². The molecule has 0 spiro atoms. The summed E-state index contributed by atoms with van der Waals surface area (Å²) >= 11 is 0. The lowest BCUT2D eigenvalue weighted by molar-refractivity contribution is -0.432. The van der Waals surface area contributed by atoms with E-state index in [1.165, 1.54) is 57.8 Å². The third-order valence-electron chi connectivity index (χ3n) is 3.16. The first kappa shape index (κ1) is 25.2. The highest BCUT2D eigenvalue weighted by Crippen LogP contribution is 2.10. The van der Waals surface area contributed by atoms with Crippen LogP contribution in [0.25, 0.3) is 0 Å². The summed E-state index contributed by atoms with van der Waals surface area (Å²) in [6, 6.07) is 0. The van der Waals surface area contributed by atoms with Crippen LogP contribution in [-0.2, 0) is 9.30 Å². The van der Waals surface area contributed by atoms with Gasteiger partial charge >= 0.3 is 0 Å². The molecule has 1 atom stereocenters. The first-order chi connectivity index (χ1) is 10.8. The molecule has 2 N–H and O–H groups in total. The van der Waals surface area contributed by atoms with Gasteiger partial charge in [0.1, 0.15) is 6.10 Å². The third kappa shape index (κ3) is 34.4. The maximum atomic E-state index is 9.04. The Bertz CT molecular complexity index is 262. The molecule has 0 aromatic heterocycles. The molecule has 23 heavy (non-hydrogen) atoms. The van der Waals surface area contributed by atoms with Gasteiger partial charge in [-0.3, -0.25) is 0 Å². The topological polar surface area (TPSA) is 136 Å². The van der Waals surface area contributed by atoms with Crippen molar-refractivity contribution in [3.8, 4) is 0 Å². The highest BCUT2D eigenvalue weighted by atomic mass is 31.2. The Morgan fingerprint density at radius 1 is 0.913 bits per heavy atom. The summed E-state index contributed by atoms with van der Waals surface area (Å²) < 4.78 is 13.8. The quantitative estimate of drug-likeness (QED) is 0.341. The molecule has 0 rings (SSSR count). The van der Waals surface area contributed by atoms with Crippen molar-refractivity contribution in [2.75, 3.05) is 19.8 Å². The Labute approximate surface area is 139 Å². The molecule has 0 aromatic carbocycles. The minimum Gasteiger partial charge on any atom is -0.822 e. The standard InChI is InChI=1S/C15H32O3.H3O4P/c1-2-3-4-5-6-7-8-9-10-11-12-18-14-15(17)13-16;1-5(2,3)4/h15-17H,2-14H2,1H3;(H3,1,2,3,4)/p-3. The molecule has 0 aromatic rings. The molecule has 0 aliphatic heterocycles. The molecule has 0 amide bonds. The second-order valence-corrected chi connectivity index (χ2v) is 6.43. The zero-order valence-electron chi connectivity index (χ0n) is 14.2. The van der Waals surface area contributed by atoms with Gasteiger partial charge in [-0.2, -0.15) is 7.82 Å². The van der Waals surface area contributed by atoms with E-state index >= 15 is 0 Å². The molecule has 0 bridgehead atoms. The molecule has 0 aliphatic rings. The highest BCUT2D eigenvalue weighted by molar-refractivity contribution is 7.40. The summed E-state index contributed by atoms with van der Waals surface area (Å²) in [7, 11) is -5.39. The fourth-order valence-electron chi connectivity index (χ4n) is 1.96. The van der Waals surface area contributed by atoms with Crippen LogP contribution in [0.15, 0.2) is 0 Å². The summed E-state index contributed by atoms with van der Waals surface area (Å²) in [5.41, 5.74) is 0. The Hall–Kier alpha value is -0.0100. The average Bonchev–Trinajstić information content (AvgIpc) is 2.46. The van der Waals surface area contributed by atoms with E-state index in [4.69, 9.17) is 34.2 Å². The normalized spacial score (nSPS) is 12.6. The van der Waals surface area contributed by atoms with E-state index in [0.29, 0.717) is 6.61 Å². The molecule has 0 saturated carbocycles. The summed E-state index contributed by atoms with van der Waals surface area (Å²) in [5.74, 6) is 0. The van der Waals surface area contributed by atoms with Crippen LogP contribution in [0.4, 0.5) is 0 Å². The summed E-state index contributed by atoms with van der Waals surface area (Å²) in [6.45, 7) is 3.00. The SMILES string of the molecule is CCCCCCCCCCCCOCC(O)CO.O=P([O-])([O-])[O-]. The van der Waals surface area contributed by atoms with Crippen LogP contribution in [0.3, 0.4) is 0 Å². The van der Waals surface area contributed by atoms with Gasteiger partial charge in [0.25, 0.3) is 0 Å². The van der Waals surface area contributed by atoms with Crippen LogP contribution in [0.5, 0.6) is 0 Å². The average molecular weight is 355 g/mol. The van der Waals surface area contributed by atoms with E-state index in [1.54, 1.807) is 0 Å². The van der Waals surface area contributed by atoms with Crippen molar-refractivity contribution in [2.45, 2.75) is 77.2 Å². The van der Waals surface area contributed by atoms with Gasteiger partial charge in [0, 0.05) is 6.61 Å². The Morgan fingerprint density at radius 3 is 1.70 bits per heavy atom. The minimum atomic E-state index is -5.39. The van der Waals surface area contributed by atoms with Crippen LogP contribution in [0.1, 0.15) is 71.1 Å². The number of rotatable bonds is 14. The van der Waals surface area contributed by atoms with Crippen LogP contribution < -0.4 is 14.7 Å². The van der Waals surface area contributed by atoms with E-state index in [0.717, 1.165) is 6.42 Å². The van der Waals surface area contributed by atoms with Crippen molar-refractivity contribution in [2.24, 2.45) is 0 Å². The lowest BCUT2D eigenvalue weighted by atomic mass is 10.1. The molecule has 0 aliphatic carbocycles. The number of ether oxygens (including phenoxy) is 1. The molecule has 0 heterocycles. The van der Waals surface area contributed by atoms with Gasteiger partial charge in [-0.1, -0.05) is 64.7 Å². The smallest absolute Gasteiger partial charge is 0.100 e. The Kier molecular flexibility index (Phi) is 20.1. The Morgan fingerprint density at radius 2 is 1.30 bits per heavy atom. The first-order valence-electron chi connectivity index (χ1n) is 8.41. The third-order valence-corrected chi connectivity index (χ3v) is 3.16. The predicted molar refractivity (Wildman–Crippen MR) is 83.4 cm³/mol. The molecule has 0 fully saturated rings. The fourth-order valence-corrected chi connectivity index (χ4v) is 1.96. The molecule has 8 heteroatoms. The summed E-state index contributed by atoms with van der Waals surface area (Å²) in [4.78, 5) is 25.6. The summed E-state index contributed by atoms with van der Waals surface area (Å²) in [6.07, 6.45) is 12.5. The molecule has 142 valence electrons. The molecule has 1 unspecified atom stereocenters. The fraction of sp³-hybridized carbons (Fsp3) is 1.00. The van der Waals surface area contributed by atoms with E-state index in [1.807, 2.05) is 0 Å². The monoisotopic (exact) mass is 355 g/mol. The van der Waals surface area contributed by atoms with E-state index in [-0.39, 0.29) is 13.2 Å². The second-order valence-electron chi connectivity index (χ2n) is 5.54. The molecule has 7 nitrogen and oxygen atoms in total. The number of phosphoric acid groups is 1. The van der Waals surface area contributed by atoms with Crippen molar-refractivity contribution in [1.29, 1.82) is 0 Å². The van der Waals surface area contributed by atoms with E-state index in [2.05, 4.69) is 6.92 Å². The van der Waals surface area contributed by atoms with Crippen molar-refractivity contribution in [3.63, 3.8) is 0 Å². The Balaban J connectivity index is 0. The van der Waals surface area contributed by atoms with Gasteiger partial charge in [0.2, 0.25) is 0 Å². The van der Waals surface area contributed by atoms with Crippen LogP contribution in [0, 0.1) is 0 Å². The van der Waals surface area contributed by atoms with Crippen molar-refractivity contribution < 1.29 is 34.2 Å².